The van der Waals surface area contributed by atoms with Gasteiger partial charge in [-0.15, -0.1) is 11.3 Å². The predicted octanol–water partition coefficient (Wildman–Crippen LogP) is 1.12. The molecule has 0 bridgehead atoms. The highest BCUT2D eigenvalue weighted by atomic mass is 32.1. The van der Waals surface area contributed by atoms with Gasteiger partial charge in [0.25, 0.3) is 0 Å². The van der Waals surface area contributed by atoms with Crippen molar-refractivity contribution in [2.75, 3.05) is 43.0 Å². The van der Waals surface area contributed by atoms with Gasteiger partial charge < -0.3 is 9.80 Å². The second-order valence-corrected chi connectivity index (χ2v) is 5.47. The minimum absolute atomic E-state index is 0.489. The topological polar surface area (TPSA) is 70.3 Å². The van der Waals surface area contributed by atoms with E-state index in [0.717, 1.165) is 48.8 Å². The molecule has 2 aromatic rings. The van der Waals surface area contributed by atoms with E-state index in [0.29, 0.717) is 5.95 Å². The molecule has 1 aliphatic heterocycles. The number of rotatable bonds is 3. The van der Waals surface area contributed by atoms with E-state index in [2.05, 4.69) is 38.2 Å². The van der Waals surface area contributed by atoms with E-state index in [-0.39, 0.29) is 0 Å². The molecule has 102 valence electrons. The number of nitrogen functional groups attached to an aromatic ring is 1. The fraction of sp³-hybridized carbons (Fsp3) is 0.500. The summed E-state index contributed by atoms with van der Waals surface area (Å²) in [4.78, 5) is 14.7. The van der Waals surface area contributed by atoms with Crippen molar-refractivity contribution in [3.63, 3.8) is 0 Å². The Morgan fingerprint density at radius 2 is 2.11 bits per heavy atom. The van der Waals surface area contributed by atoms with E-state index in [1.54, 1.807) is 11.3 Å². The number of hydrazine groups is 1. The molecule has 1 aliphatic rings. The summed E-state index contributed by atoms with van der Waals surface area (Å²) in [6, 6.07) is 2.09. The third-order valence-corrected chi connectivity index (χ3v) is 4.36. The minimum atomic E-state index is 0.489. The molecule has 0 amide bonds. The van der Waals surface area contributed by atoms with E-state index in [4.69, 9.17) is 5.84 Å². The van der Waals surface area contributed by atoms with Crippen molar-refractivity contribution < 1.29 is 0 Å². The van der Waals surface area contributed by atoms with Crippen molar-refractivity contribution in [1.82, 2.24) is 14.9 Å². The zero-order valence-corrected chi connectivity index (χ0v) is 11.8. The molecule has 6 nitrogen and oxygen atoms in total. The van der Waals surface area contributed by atoms with Gasteiger partial charge in [0, 0.05) is 26.2 Å². The lowest BCUT2D eigenvalue weighted by atomic mass is 10.3. The van der Waals surface area contributed by atoms with E-state index in [1.807, 2.05) is 5.38 Å². The number of hydrogen-bond acceptors (Lipinski definition) is 7. The van der Waals surface area contributed by atoms with Crippen LogP contribution in [0.2, 0.25) is 0 Å². The van der Waals surface area contributed by atoms with Crippen LogP contribution in [0, 0.1) is 0 Å². The number of piperazine rings is 1. The molecule has 3 rings (SSSR count). The second kappa shape index (κ2) is 5.28. The van der Waals surface area contributed by atoms with E-state index in [1.165, 1.54) is 0 Å². The van der Waals surface area contributed by atoms with Crippen LogP contribution >= 0.6 is 11.3 Å². The molecular formula is C12H18N6S. The van der Waals surface area contributed by atoms with Crippen molar-refractivity contribution >= 4 is 33.3 Å². The lowest BCUT2D eigenvalue weighted by molar-refractivity contribution is 0.271. The smallest absolute Gasteiger partial charge is 0.240 e. The zero-order valence-electron chi connectivity index (χ0n) is 11.0. The van der Waals surface area contributed by atoms with Gasteiger partial charge in [0.05, 0.1) is 5.39 Å². The number of nitrogens with zero attached hydrogens (tertiary/aromatic N) is 4. The van der Waals surface area contributed by atoms with E-state index < -0.39 is 0 Å². The monoisotopic (exact) mass is 278 g/mol. The van der Waals surface area contributed by atoms with Crippen LogP contribution in [-0.2, 0) is 0 Å². The Morgan fingerprint density at radius 3 is 2.79 bits per heavy atom. The maximum atomic E-state index is 5.45. The molecule has 2 aromatic heterocycles. The number of thiophene rings is 1. The first-order valence-corrected chi connectivity index (χ1v) is 7.39. The van der Waals surface area contributed by atoms with Gasteiger partial charge in [-0.25, -0.2) is 10.8 Å². The van der Waals surface area contributed by atoms with E-state index in [9.17, 15) is 0 Å². The molecular weight excluding hydrogens is 260 g/mol. The van der Waals surface area contributed by atoms with Gasteiger partial charge in [0.2, 0.25) is 5.95 Å². The lowest BCUT2D eigenvalue weighted by Crippen LogP contribution is -2.46. The van der Waals surface area contributed by atoms with Gasteiger partial charge in [-0.3, -0.25) is 5.43 Å². The molecule has 0 unspecified atom stereocenters. The third kappa shape index (κ3) is 2.36. The summed E-state index contributed by atoms with van der Waals surface area (Å²) in [7, 11) is 0. The number of anilines is 2. The van der Waals surface area contributed by atoms with Crippen LogP contribution in [-0.4, -0.2) is 47.6 Å². The van der Waals surface area contributed by atoms with Crippen molar-refractivity contribution in [3.05, 3.63) is 11.4 Å². The van der Waals surface area contributed by atoms with Crippen molar-refractivity contribution in [3.8, 4) is 0 Å². The number of likely N-dealkylation sites (N-methyl/N-ethyl adjacent to an activating group) is 1. The number of nitrogens with one attached hydrogen (secondary N) is 1. The van der Waals surface area contributed by atoms with Gasteiger partial charge in [0.1, 0.15) is 10.6 Å². The summed E-state index contributed by atoms with van der Waals surface area (Å²) in [6.07, 6.45) is 0. The highest BCUT2D eigenvalue weighted by molar-refractivity contribution is 7.16. The first kappa shape index (κ1) is 12.6. The summed E-state index contributed by atoms with van der Waals surface area (Å²) in [6.45, 7) is 7.48. The van der Waals surface area contributed by atoms with Crippen LogP contribution in [0.15, 0.2) is 11.4 Å². The molecule has 3 heterocycles. The number of fused-ring (bicyclic) bond motifs is 1. The van der Waals surface area contributed by atoms with Crippen molar-refractivity contribution in [1.29, 1.82) is 0 Å². The van der Waals surface area contributed by atoms with Crippen molar-refractivity contribution in [2.45, 2.75) is 6.92 Å². The number of hydrogen-bond donors (Lipinski definition) is 2. The quantitative estimate of drug-likeness (QED) is 0.647. The maximum absolute atomic E-state index is 5.45. The van der Waals surface area contributed by atoms with Crippen molar-refractivity contribution in [2.24, 2.45) is 5.84 Å². The van der Waals surface area contributed by atoms with Crippen LogP contribution in [0.25, 0.3) is 10.2 Å². The second-order valence-electron chi connectivity index (χ2n) is 4.58. The molecule has 0 saturated carbocycles. The summed E-state index contributed by atoms with van der Waals surface area (Å²) in [5.74, 6) is 6.94. The average molecular weight is 278 g/mol. The third-order valence-electron chi connectivity index (χ3n) is 3.55. The Kier molecular flexibility index (Phi) is 3.50. The Hall–Kier alpha value is -1.44. The summed E-state index contributed by atoms with van der Waals surface area (Å²) in [5, 5.41) is 3.17. The number of nitrogens with two attached hydrogens (primary N) is 1. The Balaban J connectivity index is 1.93. The molecule has 0 aromatic carbocycles. The summed E-state index contributed by atoms with van der Waals surface area (Å²) in [5.41, 5.74) is 2.56. The highest BCUT2D eigenvalue weighted by Gasteiger charge is 2.20. The maximum Gasteiger partial charge on any atom is 0.240 e. The van der Waals surface area contributed by atoms with Crippen LogP contribution in [0.1, 0.15) is 6.92 Å². The molecule has 1 fully saturated rings. The molecule has 3 N–H and O–H groups in total. The molecule has 0 radical (unpaired) electrons. The Labute approximate surface area is 116 Å². The van der Waals surface area contributed by atoms with Gasteiger partial charge in [-0.2, -0.15) is 4.98 Å². The van der Waals surface area contributed by atoms with Crippen LogP contribution < -0.4 is 16.2 Å². The summed E-state index contributed by atoms with van der Waals surface area (Å²) < 4.78 is 0. The normalized spacial score (nSPS) is 17.1. The van der Waals surface area contributed by atoms with Crippen LogP contribution in [0.3, 0.4) is 0 Å². The lowest BCUT2D eigenvalue weighted by Gasteiger charge is -2.35. The summed E-state index contributed by atoms with van der Waals surface area (Å²) >= 11 is 1.62. The number of aromatic nitrogens is 2. The highest BCUT2D eigenvalue weighted by Crippen LogP contribution is 2.29. The standard InChI is InChI=1S/C12H18N6S/c1-2-17-4-6-18(7-5-17)10-9-3-8-19-11(9)15-12(14-10)16-13/h3,8H,2,4-7,13H2,1H3,(H,14,15,16). The average Bonchev–Trinajstić information content (AvgIpc) is 2.94. The zero-order chi connectivity index (χ0) is 13.2. The fourth-order valence-corrected chi connectivity index (χ4v) is 3.18. The largest absolute Gasteiger partial charge is 0.353 e. The van der Waals surface area contributed by atoms with E-state index >= 15 is 0 Å². The molecule has 1 saturated heterocycles. The van der Waals surface area contributed by atoms with Crippen LogP contribution in [0.4, 0.5) is 11.8 Å². The molecule has 0 spiro atoms. The Bertz CT molecular complexity index is 560. The van der Waals surface area contributed by atoms with Gasteiger partial charge >= 0.3 is 0 Å². The molecule has 7 heteroatoms. The van der Waals surface area contributed by atoms with Crippen LogP contribution in [0.5, 0.6) is 0 Å². The Morgan fingerprint density at radius 1 is 1.32 bits per heavy atom. The minimum Gasteiger partial charge on any atom is -0.353 e. The molecule has 19 heavy (non-hydrogen) atoms. The van der Waals surface area contributed by atoms with Gasteiger partial charge in [-0.1, -0.05) is 6.92 Å². The molecule has 0 aliphatic carbocycles. The first-order valence-electron chi connectivity index (χ1n) is 6.51. The molecule has 0 atom stereocenters. The van der Waals surface area contributed by atoms with Gasteiger partial charge in [-0.05, 0) is 18.0 Å². The predicted molar refractivity (Wildman–Crippen MR) is 79.6 cm³/mol. The first-order chi connectivity index (χ1) is 9.31. The SMILES string of the molecule is CCN1CCN(c2nc(NN)nc3sccc23)CC1. The fourth-order valence-electron chi connectivity index (χ4n) is 2.42. The van der Waals surface area contributed by atoms with Gasteiger partial charge in [0.15, 0.2) is 0 Å².